The van der Waals surface area contributed by atoms with E-state index in [0.29, 0.717) is 53.8 Å². The molecule has 9 heteroatoms. The molecule has 0 radical (unpaired) electrons. The first kappa shape index (κ1) is 21.6. The summed E-state index contributed by atoms with van der Waals surface area (Å²) >= 11 is 1.36. The fourth-order valence-corrected chi connectivity index (χ4v) is 4.61. The lowest BCUT2D eigenvalue weighted by atomic mass is 9.92. The number of thioether (sulfide) groups is 1. The standard InChI is InChI=1S/C24H25N3O5S/c1-24(2,3)21(28)14-33-23-26-25-22(20-13-31-16-6-4-5-7-18(16)32-20)27(23)15-8-9-17-19(12-15)30-11-10-29-17/h4-9,12,20H,10-11,13-14H2,1-3H3/t20-/m0/s1. The molecule has 0 saturated heterocycles. The van der Waals surface area contributed by atoms with Crippen LogP contribution in [-0.4, -0.2) is 46.1 Å². The first-order valence-electron chi connectivity index (χ1n) is 10.8. The molecular weight excluding hydrogens is 442 g/mol. The van der Waals surface area contributed by atoms with Gasteiger partial charge < -0.3 is 18.9 Å². The first-order valence-corrected chi connectivity index (χ1v) is 11.8. The predicted molar refractivity (Wildman–Crippen MR) is 123 cm³/mol. The minimum Gasteiger partial charge on any atom is -0.486 e. The number of para-hydroxylation sites is 2. The average molecular weight is 468 g/mol. The normalized spacial score (nSPS) is 17.0. The Morgan fingerprint density at radius 2 is 1.73 bits per heavy atom. The van der Waals surface area contributed by atoms with Crippen LogP contribution in [0.2, 0.25) is 0 Å². The van der Waals surface area contributed by atoms with Gasteiger partial charge in [-0.1, -0.05) is 44.7 Å². The number of carbonyl (C=O) groups excluding carboxylic acids is 1. The van der Waals surface area contributed by atoms with Crippen molar-refractivity contribution in [3.63, 3.8) is 0 Å². The van der Waals surface area contributed by atoms with E-state index >= 15 is 0 Å². The lowest BCUT2D eigenvalue weighted by molar-refractivity contribution is -0.123. The van der Waals surface area contributed by atoms with Crippen molar-refractivity contribution in [3.05, 3.63) is 48.3 Å². The maximum Gasteiger partial charge on any atom is 0.196 e. The Labute approximate surface area is 196 Å². The first-order chi connectivity index (χ1) is 15.9. The van der Waals surface area contributed by atoms with Gasteiger partial charge in [0.05, 0.1) is 11.4 Å². The SMILES string of the molecule is CC(C)(C)C(=O)CSc1nnc([C@@H]2COc3ccccc3O2)n1-c1ccc2c(c1)OCCO2. The molecule has 1 aromatic heterocycles. The molecule has 0 fully saturated rings. The molecule has 0 saturated carbocycles. The second kappa shape index (κ2) is 8.62. The number of carbonyl (C=O) groups is 1. The van der Waals surface area contributed by atoms with Crippen LogP contribution < -0.4 is 18.9 Å². The number of ketones is 1. The second-order valence-electron chi connectivity index (χ2n) is 8.83. The maximum absolute atomic E-state index is 12.6. The molecule has 2 aliphatic rings. The van der Waals surface area contributed by atoms with Crippen LogP contribution >= 0.6 is 11.8 Å². The fraction of sp³-hybridized carbons (Fsp3) is 0.375. The molecule has 8 nitrogen and oxygen atoms in total. The highest BCUT2D eigenvalue weighted by Gasteiger charge is 2.30. The van der Waals surface area contributed by atoms with Crippen LogP contribution in [0.1, 0.15) is 32.7 Å². The zero-order valence-corrected chi connectivity index (χ0v) is 19.6. The minimum absolute atomic E-state index is 0.136. The molecule has 0 bridgehead atoms. The van der Waals surface area contributed by atoms with Crippen LogP contribution in [0, 0.1) is 5.41 Å². The Bertz CT molecular complexity index is 1190. The van der Waals surface area contributed by atoms with Crippen LogP contribution in [0.4, 0.5) is 0 Å². The van der Waals surface area contributed by atoms with E-state index in [1.165, 1.54) is 11.8 Å². The van der Waals surface area contributed by atoms with Gasteiger partial charge >= 0.3 is 0 Å². The summed E-state index contributed by atoms with van der Waals surface area (Å²) in [6.45, 7) is 7.05. The van der Waals surface area contributed by atoms with Crippen molar-refractivity contribution in [2.45, 2.75) is 32.0 Å². The summed E-state index contributed by atoms with van der Waals surface area (Å²) in [6, 6.07) is 13.2. The quantitative estimate of drug-likeness (QED) is 0.515. The molecule has 33 heavy (non-hydrogen) atoms. The topological polar surface area (TPSA) is 84.7 Å². The van der Waals surface area contributed by atoms with Crippen molar-refractivity contribution < 1.29 is 23.7 Å². The van der Waals surface area contributed by atoms with E-state index in [-0.39, 0.29) is 11.5 Å². The zero-order chi connectivity index (χ0) is 23.0. The number of benzene rings is 2. The smallest absolute Gasteiger partial charge is 0.196 e. The van der Waals surface area contributed by atoms with Crippen LogP contribution in [0.5, 0.6) is 23.0 Å². The molecule has 0 spiro atoms. The molecule has 3 aromatic rings. The van der Waals surface area contributed by atoms with Gasteiger partial charge in [-0.25, -0.2) is 0 Å². The highest BCUT2D eigenvalue weighted by molar-refractivity contribution is 7.99. The van der Waals surface area contributed by atoms with Gasteiger partial charge in [-0.15, -0.1) is 10.2 Å². The summed E-state index contributed by atoms with van der Waals surface area (Å²) in [4.78, 5) is 12.6. The van der Waals surface area contributed by atoms with E-state index in [9.17, 15) is 4.79 Å². The lowest BCUT2D eigenvalue weighted by Gasteiger charge is -2.26. The summed E-state index contributed by atoms with van der Waals surface area (Å²) in [7, 11) is 0. The molecule has 0 N–H and O–H groups in total. The number of Topliss-reactive ketones (excluding diaryl/α,β-unsaturated/α-hetero) is 1. The van der Waals surface area contributed by atoms with Gasteiger partial charge in [0.1, 0.15) is 25.6 Å². The number of nitrogens with zero attached hydrogens (tertiary/aromatic N) is 3. The number of fused-ring (bicyclic) bond motifs is 2. The number of rotatable bonds is 5. The molecular formula is C24H25N3O5S. The van der Waals surface area contributed by atoms with E-state index in [1.54, 1.807) is 0 Å². The van der Waals surface area contributed by atoms with E-state index in [2.05, 4.69) is 10.2 Å². The van der Waals surface area contributed by atoms with Crippen LogP contribution in [0.25, 0.3) is 5.69 Å². The minimum atomic E-state index is -0.465. The molecule has 5 rings (SSSR count). The number of ether oxygens (including phenoxy) is 4. The highest BCUT2D eigenvalue weighted by atomic mass is 32.2. The summed E-state index contributed by atoms with van der Waals surface area (Å²) in [5, 5.41) is 9.45. The van der Waals surface area contributed by atoms with E-state index < -0.39 is 11.5 Å². The lowest BCUT2D eigenvalue weighted by Crippen LogP contribution is -2.25. The Morgan fingerprint density at radius 3 is 2.52 bits per heavy atom. The second-order valence-corrected chi connectivity index (χ2v) is 9.77. The van der Waals surface area contributed by atoms with Gasteiger partial charge in [0, 0.05) is 11.5 Å². The Kier molecular flexibility index (Phi) is 5.65. The zero-order valence-electron chi connectivity index (χ0n) is 18.7. The van der Waals surface area contributed by atoms with Gasteiger partial charge in [0.25, 0.3) is 0 Å². The molecule has 0 unspecified atom stereocenters. The van der Waals surface area contributed by atoms with Crippen molar-refractivity contribution >= 4 is 17.5 Å². The van der Waals surface area contributed by atoms with Crippen molar-refractivity contribution in [1.29, 1.82) is 0 Å². The summed E-state index contributed by atoms with van der Waals surface area (Å²) in [5.41, 5.74) is 0.370. The van der Waals surface area contributed by atoms with E-state index in [1.807, 2.05) is 67.8 Å². The van der Waals surface area contributed by atoms with E-state index in [0.717, 1.165) is 5.69 Å². The van der Waals surface area contributed by atoms with Crippen molar-refractivity contribution in [3.8, 4) is 28.7 Å². The molecule has 1 atom stereocenters. The summed E-state index contributed by atoms with van der Waals surface area (Å²) in [6.07, 6.45) is -0.465. The van der Waals surface area contributed by atoms with Gasteiger partial charge in [0.2, 0.25) is 0 Å². The molecule has 0 amide bonds. The third-order valence-electron chi connectivity index (χ3n) is 5.41. The van der Waals surface area contributed by atoms with E-state index in [4.69, 9.17) is 18.9 Å². The monoisotopic (exact) mass is 467 g/mol. The van der Waals surface area contributed by atoms with Gasteiger partial charge in [-0.05, 0) is 24.3 Å². The predicted octanol–water partition coefficient (Wildman–Crippen LogP) is 4.26. The van der Waals surface area contributed by atoms with Crippen molar-refractivity contribution in [1.82, 2.24) is 14.8 Å². The van der Waals surface area contributed by atoms with Crippen molar-refractivity contribution in [2.24, 2.45) is 5.41 Å². The molecule has 0 aliphatic carbocycles. The highest BCUT2D eigenvalue weighted by Crippen LogP contribution is 2.38. The van der Waals surface area contributed by atoms with Gasteiger partial charge in [-0.2, -0.15) is 0 Å². The van der Waals surface area contributed by atoms with Crippen molar-refractivity contribution in [2.75, 3.05) is 25.6 Å². The molecule has 3 heterocycles. The Balaban J connectivity index is 1.51. The van der Waals surface area contributed by atoms with Crippen LogP contribution in [0.3, 0.4) is 0 Å². The van der Waals surface area contributed by atoms with Crippen LogP contribution in [0.15, 0.2) is 47.6 Å². The Morgan fingerprint density at radius 1 is 1.00 bits per heavy atom. The van der Waals surface area contributed by atoms with Gasteiger partial charge in [-0.3, -0.25) is 9.36 Å². The Hall–Kier alpha value is -3.20. The number of hydrogen-bond acceptors (Lipinski definition) is 8. The van der Waals surface area contributed by atoms with Gasteiger partial charge in [0.15, 0.2) is 40.1 Å². The summed E-state index contributed by atoms with van der Waals surface area (Å²) in [5.74, 6) is 3.72. The number of hydrogen-bond donors (Lipinski definition) is 0. The third-order valence-corrected chi connectivity index (χ3v) is 6.34. The molecule has 2 aromatic carbocycles. The van der Waals surface area contributed by atoms with Crippen LogP contribution in [-0.2, 0) is 4.79 Å². The molecule has 2 aliphatic heterocycles. The molecule has 172 valence electrons. The number of aromatic nitrogens is 3. The largest absolute Gasteiger partial charge is 0.486 e. The third kappa shape index (κ3) is 4.37. The maximum atomic E-state index is 12.6. The average Bonchev–Trinajstić information content (AvgIpc) is 3.25. The summed E-state index contributed by atoms with van der Waals surface area (Å²) < 4.78 is 25.5. The fourth-order valence-electron chi connectivity index (χ4n) is 3.49.